The van der Waals surface area contributed by atoms with Crippen molar-refractivity contribution in [2.45, 2.75) is 26.8 Å². The first-order valence-corrected chi connectivity index (χ1v) is 7.28. The Labute approximate surface area is 125 Å². The van der Waals surface area contributed by atoms with Crippen molar-refractivity contribution in [2.24, 2.45) is 0 Å². The van der Waals surface area contributed by atoms with Crippen LogP contribution in [0.25, 0.3) is 0 Å². The third-order valence-corrected chi connectivity index (χ3v) is 3.19. The lowest BCUT2D eigenvalue weighted by Gasteiger charge is -2.22. The molecule has 1 aromatic carbocycles. The fourth-order valence-corrected chi connectivity index (χ4v) is 2.01. The molecule has 21 heavy (non-hydrogen) atoms. The Kier molecular flexibility index (Phi) is 5.49. The van der Waals surface area contributed by atoms with Crippen molar-refractivity contribution in [1.82, 2.24) is 9.97 Å². The van der Waals surface area contributed by atoms with Crippen molar-refractivity contribution < 1.29 is 4.39 Å². The van der Waals surface area contributed by atoms with E-state index < -0.39 is 0 Å². The van der Waals surface area contributed by atoms with Crippen LogP contribution < -0.4 is 10.2 Å². The molecule has 0 radical (unpaired) electrons. The van der Waals surface area contributed by atoms with Crippen LogP contribution >= 0.6 is 0 Å². The van der Waals surface area contributed by atoms with E-state index in [-0.39, 0.29) is 5.82 Å². The summed E-state index contributed by atoms with van der Waals surface area (Å²) in [7, 11) is 0. The van der Waals surface area contributed by atoms with Gasteiger partial charge in [0, 0.05) is 18.8 Å². The normalized spacial score (nSPS) is 10.4. The van der Waals surface area contributed by atoms with E-state index in [2.05, 4.69) is 34.0 Å². The standard InChI is InChI=1S/C16H21FN4/c1-3-9-18-16-11-19-14(10-20-16)12-21(4-2)15-7-5-13(17)6-8-15/h5-8,10-11H,3-4,9,12H2,1-2H3,(H,18,20). The van der Waals surface area contributed by atoms with Crippen LogP contribution in [0.2, 0.25) is 0 Å². The lowest BCUT2D eigenvalue weighted by molar-refractivity contribution is 0.627. The van der Waals surface area contributed by atoms with Crippen molar-refractivity contribution in [3.05, 3.63) is 48.2 Å². The zero-order valence-corrected chi connectivity index (χ0v) is 12.5. The summed E-state index contributed by atoms with van der Waals surface area (Å²) in [5, 5.41) is 3.20. The molecule has 0 fully saturated rings. The topological polar surface area (TPSA) is 41.1 Å². The highest BCUT2D eigenvalue weighted by Gasteiger charge is 2.07. The average Bonchev–Trinajstić information content (AvgIpc) is 2.53. The predicted octanol–water partition coefficient (Wildman–Crippen LogP) is 3.46. The fraction of sp³-hybridized carbons (Fsp3) is 0.375. The Morgan fingerprint density at radius 1 is 1.10 bits per heavy atom. The van der Waals surface area contributed by atoms with Crippen LogP contribution in [0, 0.1) is 5.82 Å². The van der Waals surface area contributed by atoms with Gasteiger partial charge in [0.05, 0.1) is 24.6 Å². The van der Waals surface area contributed by atoms with Gasteiger partial charge in [-0.1, -0.05) is 6.92 Å². The Morgan fingerprint density at radius 2 is 1.86 bits per heavy atom. The molecule has 0 bridgehead atoms. The van der Waals surface area contributed by atoms with Gasteiger partial charge in [-0.05, 0) is 37.6 Å². The van der Waals surface area contributed by atoms with Crippen molar-refractivity contribution in [3.63, 3.8) is 0 Å². The first kappa shape index (κ1) is 15.2. The fourth-order valence-electron chi connectivity index (χ4n) is 2.01. The van der Waals surface area contributed by atoms with Crippen molar-refractivity contribution in [3.8, 4) is 0 Å². The summed E-state index contributed by atoms with van der Waals surface area (Å²) in [5.41, 5.74) is 1.87. The second kappa shape index (κ2) is 7.57. The Bertz CT molecular complexity index is 539. The molecule has 1 N–H and O–H groups in total. The minimum atomic E-state index is -0.221. The van der Waals surface area contributed by atoms with E-state index in [4.69, 9.17) is 0 Å². The van der Waals surface area contributed by atoms with Crippen LogP contribution in [-0.2, 0) is 6.54 Å². The van der Waals surface area contributed by atoms with Crippen LogP contribution in [0.3, 0.4) is 0 Å². The van der Waals surface area contributed by atoms with Gasteiger partial charge in [-0.3, -0.25) is 4.98 Å². The lowest BCUT2D eigenvalue weighted by atomic mass is 10.2. The van der Waals surface area contributed by atoms with Crippen LogP contribution in [0.5, 0.6) is 0 Å². The summed E-state index contributed by atoms with van der Waals surface area (Å²) >= 11 is 0. The zero-order chi connectivity index (χ0) is 15.1. The molecule has 0 spiro atoms. The molecule has 0 unspecified atom stereocenters. The van der Waals surface area contributed by atoms with Gasteiger partial charge >= 0.3 is 0 Å². The van der Waals surface area contributed by atoms with Crippen LogP contribution in [0.15, 0.2) is 36.7 Å². The Hall–Kier alpha value is -2.17. The molecule has 0 atom stereocenters. The molecule has 2 rings (SSSR count). The molecule has 4 nitrogen and oxygen atoms in total. The number of hydrogen-bond acceptors (Lipinski definition) is 4. The highest BCUT2D eigenvalue weighted by molar-refractivity contribution is 5.46. The van der Waals surface area contributed by atoms with Gasteiger partial charge in [0.1, 0.15) is 11.6 Å². The Balaban J connectivity index is 2.02. The summed E-state index contributed by atoms with van der Waals surface area (Å²) in [4.78, 5) is 10.9. The third-order valence-electron chi connectivity index (χ3n) is 3.19. The van der Waals surface area contributed by atoms with Gasteiger partial charge < -0.3 is 10.2 Å². The van der Waals surface area contributed by atoms with Crippen molar-refractivity contribution in [2.75, 3.05) is 23.3 Å². The number of aromatic nitrogens is 2. The molecule has 0 amide bonds. The molecule has 0 saturated heterocycles. The molecule has 0 aliphatic heterocycles. The number of nitrogens with one attached hydrogen (secondary N) is 1. The van der Waals surface area contributed by atoms with Gasteiger partial charge in [-0.25, -0.2) is 9.37 Å². The number of nitrogens with zero attached hydrogens (tertiary/aromatic N) is 3. The lowest BCUT2D eigenvalue weighted by Crippen LogP contribution is -2.22. The smallest absolute Gasteiger partial charge is 0.144 e. The molecule has 2 aromatic rings. The molecule has 5 heteroatoms. The second-order valence-corrected chi connectivity index (χ2v) is 4.81. The van der Waals surface area contributed by atoms with E-state index >= 15 is 0 Å². The first-order valence-electron chi connectivity index (χ1n) is 7.28. The van der Waals surface area contributed by atoms with Gasteiger partial charge in [-0.15, -0.1) is 0 Å². The largest absolute Gasteiger partial charge is 0.369 e. The van der Waals surface area contributed by atoms with Gasteiger partial charge in [0.15, 0.2) is 0 Å². The minimum Gasteiger partial charge on any atom is -0.369 e. The summed E-state index contributed by atoms with van der Waals surface area (Å²) in [5.74, 6) is 0.575. The average molecular weight is 288 g/mol. The first-order chi connectivity index (χ1) is 10.2. The summed E-state index contributed by atoms with van der Waals surface area (Å²) in [6.45, 7) is 6.54. The van der Waals surface area contributed by atoms with Crippen LogP contribution in [0.4, 0.5) is 15.9 Å². The molecule has 0 saturated carbocycles. The number of anilines is 2. The van der Waals surface area contributed by atoms with Gasteiger partial charge in [0.2, 0.25) is 0 Å². The monoisotopic (exact) mass is 288 g/mol. The molecule has 1 aromatic heterocycles. The third kappa shape index (κ3) is 4.41. The summed E-state index contributed by atoms with van der Waals surface area (Å²) in [6.07, 6.45) is 4.59. The Morgan fingerprint density at radius 3 is 2.43 bits per heavy atom. The summed E-state index contributed by atoms with van der Waals surface area (Å²) in [6, 6.07) is 6.51. The van der Waals surface area contributed by atoms with Crippen molar-refractivity contribution >= 4 is 11.5 Å². The number of hydrogen-bond donors (Lipinski definition) is 1. The SMILES string of the molecule is CCCNc1cnc(CN(CC)c2ccc(F)cc2)cn1. The molecular weight excluding hydrogens is 267 g/mol. The van der Waals surface area contributed by atoms with E-state index in [0.29, 0.717) is 6.54 Å². The quantitative estimate of drug-likeness (QED) is 0.847. The van der Waals surface area contributed by atoms with E-state index in [0.717, 1.165) is 36.7 Å². The summed E-state index contributed by atoms with van der Waals surface area (Å²) < 4.78 is 13.0. The van der Waals surface area contributed by atoms with E-state index in [1.807, 2.05) is 0 Å². The van der Waals surface area contributed by atoms with Crippen molar-refractivity contribution in [1.29, 1.82) is 0 Å². The highest BCUT2D eigenvalue weighted by atomic mass is 19.1. The second-order valence-electron chi connectivity index (χ2n) is 4.81. The van der Waals surface area contributed by atoms with E-state index in [9.17, 15) is 4.39 Å². The highest BCUT2D eigenvalue weighted by Crippen LogP contribution is 2.17. The molecule has 0 aliphatic rings. The van der Waals surface area contributed by atoms with E-state index in [1.54, 1.807) is 24.5 Å². The number of rotatable bonds is 7. The number of benzene rings is 1. The van der Waals surface area contributed by atoms with Gasteiger partial charge in [0.25, 0.3) is 0 Å². The van der Waals surface area contributed by atoms with Crippen LogP contribution in [-0.4, -0.2) is 23.1 Å². The maximum Gasteiger partial charge on any atom is 0.144 e. The molecular formula is C16H21FN4. The zero-order valence-electron chi connectivity index (χ0n) is 12.5. The molecule has 1 heterocycles. The molecule has 112 valence electrons. The maximum atomic E-state index is 13.0. The molecule has 0 aliphatic carbocycles. The number of halogens is 1. The maximum absolute atomic E-state index is 13.0. The van der Waals surface area contributed by atoms with Crippen LogP contribution in [0.1, 0.15) is 26.0 Å². The van der Waals surface area contributed by atoms with Gasteiger partial charge in [-0.2, -0.15) is 0 Å². The minimum absolute atomic E-state index is 0.221. The predicted molar refractivity (Wildman–Crippen MR) is 83.9 cm³/mol. The van der Waals surface area contributed by atoms with E-state index in [1.165, 1.54) is 12.1 Å².